The molecular formula is C21H27F2N5O5. The predicted octanol–water partition coefficient (Wildman–Crippen LogP) is 1.05. The Morgan fingerprint density at radius 2 is 1.82 bits per heavy atom. The molecule has 0 spiro atoms. The highest BCUT2D eigenvalue weighted by Gasteiger charge is 2.35. The highest BCUT2D eigenvalue weighted by atomic mass is 19.1. The van der Waals surface area contributed by atoms with Gasteiger partial charge < -0.3 is 29.9 Å². The van der Waals surface area contributed by atoms with Crippen molar-refractivity contribution in [3.63, 3.8) is 0 Å². The summed E-state index contributed by atoms with van der Waals surface area (Å²) in [5, 5.41) is 5.47. The maximum atomic E-state index is 14.9. The summed E-state index contributed by atoms with van der Waals surface area (Å²) in [6.07, 6.45) is -0.787. The standard InChI is InChI=1S/C21H27F2N5O5/c1-13(29)24-10-16-12-28(21(31)33-16)15-8-17(22)19(18(23)9-15)27-3-2-14(11-27)25-20(30)26-4-6-32-7-5-26/h8-9,14,16H,2-7,10-12H2,1H3,(H,24,29)(H,25,30)/t14-,16+/m1/s1. The quantitative estimate of drug-likeness (QED) is 0.671. The number of nitrogens with one attached hydrogen (secondary N) is 2. The van der Waals surface area contributed by atoms with Gasteiger partial charge in [0.15, 0.2) is 11.6 Å². The zero-order valence-corrected chi connectivity index (χ0v) is 18.3. The molecule has 4 rings (SSSR count). The van der Waals surface area contributed by atoms with E-state index in [0.29, 0.717) is 39.3 Å². The summed E-state index contributed by atoms with van der Waals surface area (Å²) < 4.78 is 40.3. The number of cyclic esters (lactones) is 1. The molecule has 1 aromatic rings. The van der Waals surface area contributed by atoms with Crippen LogP contribution in [0.1, 0.15) is 13.3 Å². The third kappa shape index (κ3) is 5.27. The predicted molar refractivity (Wildman–Crippen MR) is 114 cm³/mol. The number of benzene rings is 1. The number of ether oxygens (including phenoxy) is 2. The van der Waals surface area contributed by atoms with Gasteiger partial charge in [-0.15, -0.1) is 0 Å². The lowest BCUT2D eigenvalue weighted by atomic mass is 10.2. The number of carbonyl (C=O) groups excluding carboxylic acids is 3. The second-order valence-corrected chi connectivity index (χ2v) is 8.29. The van der Waals surface area contributed by atoms with Crippen LogP contribution in [0.3, 0.4) is 0 Å². The maximum Gasteiger partial charge on any atom is 0.414 e. The van der Waals surface area contributed by atoms with E-state index in [-0.39, 0.29) is 49.0 Å². The van der Waals surface area contributed by atoms with E-state index in [0.717, 1.165) is 17.0 Å². The molecule has 180 valence electrons. The molecule has 4 amide bonds. The van der Waals surface area contributed by atoms with E-state index in [1.54, 1.807) is 9.80 Å². The summed E-state index contributed by atoms with van der Waals surface area (Å²) in [4.78, 5) is 39.9. The van der Waals surface area contributed by atoms with Gasteiger partial charge in [-0.3, -0.25) is 9.69 Å². The van der Waals surface area contributed by atoms with Crippen LogP contribution in [-0.2, 0) is 14.3 Å². The van der Waals surface area contributed by atoms with Gasteiger partial charge in [0, 0.05) is 51.3 Å². The molecule has 2 atom stereocenters. The number of rotatable bonds is 5. The van der Waals surface area contributed by atoms with Gasteiger partial charge in [0.2, 0.25) is 5.91 Å². The van der Waals surface area contributed by atoms with Gasteiger partial charge in [0.25, 0.3) is 0 Å². The van der Waals surface area contributed by atoms with Crippen molar-refractivity contribution < 1.29 is 32.6 Å². The molecule has 0 aromatic heterocycles. The van der Waals surface area contributed by atoms with E-state index in [4.69, 9.17) is 9.47 Å². The summed E-state index contributed by atoms with van der Waals surface area (Å²) in [5.41, 5.74) is -0.148. The molecule has 3 aliphatic heterocycles. The fourth-order valence-corrected chi connectivity index (χ4v) is 4.22. The van der Waals surface area contributed by atoms with Crippen LogP contribution in [-0.4, -0.2) is 87.6 Å². The average Bonchev–Trinajstić information content (AvgIpc) is 3.38. The van der Waals surface area contributed by atoms with E-state index in [1.807, 2.05) is 0 Å². The molecule has 0 unspecified atom stereocenters. The summed E-state index contributed by atoms with van der Waals surface area (Å²) in [6.45, 7) is 4.18. The SMILES string of the molecule is CC(=O)NC[C@H]1CN(c2cc(F)c(N3CC[C@@H](NC(=O)N4CCOCC4)C3)c(F)c2)C(=O)O1. The molecule has 2 N–H and O–H groups in total. The van der Waals surface area contributed by atoms with Crippen molar-refractivity contribution in [3.05, 3.63) is 23.8 Å². The van der Waals surface area contributed by atoms with Crippen LogP contribution in [0.4, 0.5) is 29.7 Å². The fraction of sp³-hybridized carbons (Fsp3) is 0.571. The van der Waals surface area contributed by atoms with Crippen molar-refractivity contribution in [2.45, 2.75) is 25.5 Å². The first kappa shape index (κ1) is 23.0. The molecular weight excluding hydrogens is 440 g/mol. The first-order chi connectivity index (χ1) is 15.8. The first-order valence-electron chi connectivity index (χ1n) is 10.9. The average molecular weight is 467 g/mol. The number of hydrogen-bond acceptors (Lipinski definition) is 6. The minimum absolute atomic E-state index is 0.0421. The maximum absolute atomic E-state index is 14.9. The zero-order chi connectivity index (χ0) is 23.5. The smallest absolute Gasteiger partial charge is 0.414 e. The van der Waals surface area contributed by atoms with Crippen LogP contribution < -0.4 is 20.4 Å². The minimum atomic E-state index is -0.803. The molecule has 0 bridgehead atoms. The summed E-state index contributed by atoms with van der Waals surface area (Å²) in [6, 6.07) is 1.75. The molecule has 0 saturated carbocycles. The van der Waals surface area contributed by atoms with E-state index in [1.165, 1.54) is 6.92 Å². The van der Waals surface area contributed by atoms with Gasteiger partial charge in [0.05, 0.1) is 32.0 Å². The number of morpholine rings is 1. The molecule has 3 fully saturated rings. The third-order valence-electron chi connectivity index (χ3n) is 5.90. The molecule has 12 heteroatoms. The Bertz CT molecular complexity index is 903. The first-order valence-corrected chi connectivity index (χ1v) is 10.9. The van der Waals surface area contributed by atoms with E-state index in [9.17, 15) is 23.2 Å². The second-order valence-electron chi connectivity index (χ2n) is 8.29. The molecule has 1 aromatic carbocycles. The molecule has 0 aliphatic carbocycles. The largest absolute Gasteiger partial charge is 0.442 e. The number of urea groups is 1. The second kappa shape index (κ2) is 9.77. The molecule has 0 radical (unpaired) electrons. The Morgan fingerprint density at radius 3 is 2.48 bits per heavy atom. The van der Waals surface area contributed by atoms with Crippen LogP contribution in [0.5, 0.6) is 0 Å². The normalized spacial score (nSPS) is 23.0. The van der Waals surface area contributed by atoms with Crippen LogP contribution >= 0.6 is 0 Å². The van der Waals surface area contributed by atoms with Crippen LogP contribution in [0.25, 0.3) is 0 Å². The van der Waals surface area contributed by atoms with Gasteiger partial charge in [-0.25, -0.2) is 18.4 Å². The molecule has 33 heavy (non-hydrogen) atoms. The number of hydrogen-bond donors (Lipinski definition) is 2. The summed E-state index contributed by atoms with van der Waals surface area (Å²) in [7, 11) is 0. The summed E-state index contributed by atoms with van der Waals surface area (Å²) in [5.74, 6) is -1.87. The van der Waals surface area contributed by atoms with Crippen LogP contribution in [0, 0.1) is 11.6 Å². The molecule has 3 saturated heterocycles. The van der Waals surface area contributed by atoms with Gasteiger partial charge in [-0.05, 0) is 6.42 Å². The Balaban J connectivity index is 1.39. The lowest BCUT2D eigenvalue weighted by Gasteiger charge is -2.28. The Morgan fingerprint density at radius 1 is 1.12 bits per heavy atom. The lowest BCUT2D eigenvalue weighted by Crippen LogP contribution is -2.49. The molecule has 10 nitrogen and oxygen atoms in total. The Hall–Kier alpha value is -3.15. The van der Waals surface area contributed by atoms with Crippen molar-refractivity contribution in [1.29, 1.82) is 0 Å². The number of nitrogens with zero attached hydrogens (tertiary/aromatic N) is 3. The Kier molecular flexibility index (Phi) is 6.82. The van der Waals surface area contributed by atoms with Crippen molar-refractivity contribution in [1.82, 2.24) is 15.5 Å². The fourth-order valence-electron chi connectivity index (χ4n) is 4.22. The summed E-state index contributed by atoms with van der Waals surface area (Å²) >= 11 is 0. The molecule has 3 heterocycles. The zero-order valence-electron chi connectivity index (χ0n) is 18.3. The van der Waals surface area contributed by atoms with Crippen molar-refractivity contribution in [3.8, 4) is 0 Å². The monoisotopic (exact) mass is 467 g/mol. The number of anilines is 2. The van der Waals surface area contributed by atoms with Crippen molar-refractivity contribution in [2.24, 2.45) is 0 Å². The third-order valence-corrected chi connectivity index (χ3v) is 5.90. The van der Waals surface area contributed by atoms with Gasteiger partial charge in [0.1, 0.15) is 11.8 Å². The van der Waals surface area contributed by atoms with Crippen LogP contribution in [0.15, 0.2) is 12.1 Å². The topological polar surface area (TPSA) is 103 Å². The molecule has 3 aliphatic rings. The van der Waals surface area contributed by atoms with E-state index < -0.39 is 23.8 Å². The highest BCUT2D eigenvalue weighted by Crippen LogP contribution is 2.32. The van der Waals surface area contributed by atoms with E-state index >= 15 is 0 Å². The highest BCUT2D eigenvalue weighted by molar-refractivity contribution is 5.90. The van der Waals surface area contributed by atoms with Crippen molar-refractivity contribution >= 4 is 29.4 Å². The lowest BCUT2D eigenvalue weighted by molar-refractivity contribution is -0.119. The number of carbonyl (C=O) groups is 3. The van der Waals surface area contributed by atoms with Gasteiger partial charge in [-0.1, -0.05) is 0 Å². The van der Waals surface area contributed by atoms with Crippen LogP contribution in [0.2, 0.25) is 0 Å². The number of halogens is 2. The van der Waals surface area contributed by atoms with Crippen molar-refractivity contribution in [2.75, 3.05) is 62.3 Å². The van der Waals surface area contributed by atoms with Gasteiger partial charge in [-0.2, -0.15) is 0 Å². The minimum Gasteiger partial charge on any atom is -0.442 e. The Labute approximate surface area is 189 Å². The van der Waals surface area contributed by atoms with Gasteiger partial charge >= 0.3 is 12.1 Å². The van der Waals surface area contributed by atoms with E-state index in [2.05, 4.69) is 10.6 Å². The number of amides is 4.